The number of anilines is 1. The van der Waals surface area contributed by atoms with Gasteiger partial charge in [-0.2, -0.15) is 0 Å². The number of ether oxygens (including phenoxy) is 2. The Morgan fingerprint density at radius 3 is 2.91 bits per heavy atom. The van der Waals surface area contributed by atoms with Gasteiger partial charge >= 0.3 is 12.0 Å². The molecule has 126 valence electrons. The minimum absolute atomic E-state index is 0.245. The van der Waals surface area contributed by atoms with Crippen LogP contribution in [0.5, 0.6) is 5.75 Å². The van der Waals surface area contributed by atoms with Crippen molar-refractivity contribution in [3.05, 3.63) is 23.2 Å². The van der Waals surface area contributed by atoms with E-state index in [1.165, 1.54) is 7.11 Å². The Labute approximate surface area is 140 Å². The largest absolute Gasteiger partial charge is 0.495 e. The first-order chi connectivity index (χ1) is 11.0. The summed E-state index contributed by atoms with van der Waals surface area (Å²) in [6.45, 7) is 3.08. The van der Waals surface area contributed by atoms with Crippen LogP contribution >= 0.6 is 11.6 Å². The maximum Gasteiger partial charge on any atom is 0.321 e. The Balaban J connectivity index is 2.03. The SMILES string of the molecule is CCOC(=O)[C@@H]1CCCN(C(=O)Nc2cc(Cl)ccc2OC)C1. The van der Waals surface area contributed by atoms with E-state index in [0.29, 0.717) is 36.2 Å². The zero-order valence-corrected chi connectivity index (χ0v) is 14.1. The van der Waals surface area contributed by atoms with Gasteiger partial charge in [0, 0.05) is 18.1 Å². The number of nitrogens with zero attached hydrogens (tertiary/aromatic N) is 1. The predicted molar refractivity (Wildman–Crippen MR) is 88.0 cm³/mol. The number of hydrogen-bond acceptors (Lipinski definition) is 4. The molecule has 0 radical (unpaired) electrons. The van der Waals surface area contributed by atoms with Gasteiger partial charge in [-0.15, -0.1) is 0 Å². The molecular formula is C16H21ClN2O4. The number of likely N-dealkylation sites (tertiary alicyclic amines) is 1. The van der Waals surface area contributed by atoms with Gasteiger partial charge < -0.3 is 19.7 Å². The van der Waals surface area contributed by atoms with E-state index in [0.717, 1.165) is 12.8 Å². The monoisotopic (exact) mass is 340 g/mol. The van der Waals surface area contributed by atoms with Gasteiger partial charge in [-0.1, -0.05) is 11.6 Å². The van der Waals surface area contributed by atoms with E-state index in [4.69, 9.17) is 21.1 Å². The predicted octanol–water partition coefficient (Wildman–Crippen LogP) is 3.16. The normalized spacial score (nSPS) is 17.5. The minimum atomic E-state index is -0.278. The van der Waals surface area contributed by atoms with Crippen molar-refractivity contribution in [3.63, 3.8) is 0 Å². The average molecular weight is 341 g/mol. The molecule has 0 unspecified atom stereocenters. The molecule has 0 saturated carbocycles. The number of piperidine rings is 1. The lowest BCUT2D eigenvalue weighted by molar-refractivity contribution is -0.149. The van der Waals surface area contributed by atoms with Crippen molar-refractivity contribution in [2.45, 2.75) is 19.8 Å². The molecule has 1 fully saturated rings. The highest BCUT2D eigenvalue weighted by Gasteiger charge is 2.29. The summed E-state index contributed by atoms with van der Waals surface area (Å²) in [5, 5.41) is 3.29. The van der Waals surface area contributed by atoms with E-state index in [-0.39, 0.29) is 17.9 Å². The number of esters is 1. The van der Waals surface area contributed by atoms with Crippen LogP contribution in [0.15, 0.2) is 18.2 Å². The van der Waals surface area contributed by atoms with Gasteiger partial charge in [-0.3, -0.25) is 4.79 Å². The molecule has 0 aromatic heterocycles. The van der Waals surface area contributed by atoms with Crippen LogP contribution in [0.4, 0.5) is 10.5 Å². The first kappa shape index (κ1) is 17.4. The number of hydrogen-bond donors (Lipinski definition) is 1. The molecule has 1 aromatic carbocycles. The van der Waals surface area contributed by atoms with Crippen LogP contribution in [0.3, 0.4) is 0 Å². The number of carbonyl (C=O) groups is 2. The molecule has 1 aliphatic heterocycles. The molecule has 1 saturated heterocycles. The summed E-state index contributed by atoms with van der Waals surface area (Å²) >= 11 is 5.96. The van der Waals surface area contributed by atoms with E-state index in [9.17, 15) is 9.59 Å². The van der Waals surface area contributed by atoms with E-state index < -0.39 is 0 Å². The standard InChI is InChI=1S/C16H21ClN2O4/c1-3-23-15(20)11-5-4-8-19(10-11)16(21)18-13-9-12(17)6-7-14(13)22-2/h6-7,9,11H,3-5,8,10H2,1-2H3,(H,18,21)/t11-/m1/s1. The van der Waals surface area contributed by atoms with E-state index >= 15 is 0 Å². The zero-order valence-electron chi connectivity index (χ0n) is 13.3. The van der Waals surface area contributed by atoms with Crippen molar-refractivity contribution >= 4 is 29.3 Å². The number of halogens is 1. The number of carbonyl (C=O) groups excluding carboxylic acids is 2. The topological polar surface area (TPSA) is 67.9 Å². The quantitative estimate of drug-likeness (QED) is 0.855. The van der Waals surface area contributed by atoms with Crippen LogP contribution in [0.25, 0.3) is 0 Å². The molecule has 1 atom stereocenters. The number of rotatable bonds is 4. The fourth-order valence-corrected chi connectivity index (χ4v) is 2.76. The lowest BCUT2D eigenvalue weighted by Crippen LogP contribution is -2.44. The highest BCUT2D eigenvalue weighted by molar-refractivity contribution is 6.31. The first-order valence-electron chi connectivity index (χ1n) is 7.61. The average Bonchev–Trinajstić information content (AvgIpc) is 2.55. The molecule has 7 heteroatoms. The van der Waals surface area contributed by atoms with E-state index in [2.05, 4.69) is 5.32 Å². The summed E-state index contributed by atoms with van der Waals surface area (Å²) in [6, 6.07) is 4.73. The molecule has 0 aliphatic carbocycles. The lowest BCUT2D eigenvalue weighted by atomic mass is 9.98. The van der Waals surface area contributed by atoms with Crippen molar-refractivity contribution in [2.75, 3.05) is 32.1 Å². The number of benzene rings is 1. The Kier molecular flexibility index (Phi) is 6.10. The third-order valence-electron chi connectivity index (χ3n) is 3.73. The van der Waals surface area contributed by atoms with Gasteiger partial charge in [-0.05, 0) is 38.0 Å². The molecule has 1 aliphatic rings. The third kappa shape index (κ3) is 4.51. The second kappa shape index (κ2) is 8.06. The maximum absolute atomic E-state index is 12.4. The Hall–Kier alpha value is -1.95. The minimum Gasteiger partial charge on any atom is -0.495 e. The van der Waals surface area contributed by atoms with Gasteiger partial charge in [0.15, 0.2) is 0 Å². The Morgan fingerprint density at radius 2 is 2.22 bits per heavy atom. The number of nitrogens with one attached hydrogen (secondary N) is 1. The molecular weight excluding hydrogens is 320 g/mol. The first-order valence-corrected chi connectivity index (χ1v) is 7.99. The van der Waals surface area contributed by atoms with Gasteiger partial charge in [0.25, 0.3) is 0 Å². The van der Waals surface area contributed by atoms with Gasteiger partial charge in [0.1, 0.15) is 5.75 Å². The second-order valence-corrected chi connectivity index (χ2v) is 5.75. The summed E-state index contributed by atoms with van der Waals surface area (Å²) in [6.07, 6.45) is 1.51. The molecule has 6 nitrogen and oxygen atoms in total. The summed E-state index contributed by atoms with van der Waals surface area (Å²) in [5.74, 6) is 0.0164. The van der Waals surface area contributed by atoms with E-state index in [1.807, 2.05) is 0 Å². The molecule has 0 bridgehead atoms. The Morgan fingerprint density at radius 1 is 1.43 bits per heavy atom. The van der Waals surface area contributed by atoms with Crippen molar-refractivity contribution in [3.8, 4) is 5.75 Å². The van der Waals surface area contributed by atoms with E-state index in [1.54, 1.807) is 30.0 Å². The van der Waals surface area contributed by atoms with Gasteiger partial charge in [-0.25, -0.2) is 4.79 Å². The smallest absolute Gasteiger partial charge is 0.321 e. The highest BCUT2D eigenvalue weighted by Crippen LogP contribution is 2.28. The summed E-state index contributed by atoms with van der Waals surface area (Å²) in [5.41, 5.74) is 0.503. The number of urea groups is 1. The second-order valence-electron chi connectivity index (χ2n) is 5.31. The third-order valence-corrected chi connectivity index (χ3v) is 3.97. The van der Waals surface area contributed by atoms with Crippen LogP contribution in [-0.4, -0.2) is 43.7 Å². The maximum atomic E-state index is 12.4. The molecule has 2 amide bonds. The molecule has 1 heterocycles. The van der Waals surface area contributed by atoms with Crippen LogP contribution in [0.2, 0.25) is 5.02 Å². The molecule has 0 spiro atoms. The number of methoxy groups -OCH3 is 1. The van der Waals surface area contributed by atoms with Gasteiger partial charge in [0.2, 0.25) is 0 Å². The number of amides is 2. The zero-order chi connectivity index (χ0) is 16.8. The van der Waals surface area contributed by atoms with Crippen molar-refractivity contribution in [1.82, 2.24) is 4.90 Å². The summed E-state index contributed by atoms with van der Waals surface area (Å²) < 4.78 is 10.3. The van der Waals surface area contributed by atoms with Gasteiger partial charge in [0.05, 0.1) is 25.3 Å². The van der Waals surface area contributed by atoms with Crippen LogP contribution in [0, 0.1) is 5.92 Å². The van der Waals surface area contributed by atoms with Crippen LogP contribution < -0.4 is 10.1 Å². The molecule has 1 N–H and O–H groups in total. The van der Waals surface area contributed by atoms with Crippen molar-refractivity contribution in [1.29, 1.82) is 0 Å². The molecule has 2 rings (SSSR count). The lowest BCUT2D eigenvalue weighted by Gasteiger charge is -2.31. The fraction of sp³-hybridized carbons (Fsp3) is 0.500. The molecule has 23 heavy (non-hydrogen) atoms. The molecule has 1 aromatic rings. The highest BCUT2D eigenvalue weighted by atomic mass is 35.5. The van der Waals surface area contributed by atoms with Crippen LogP contribution in [0.1, 0.15) is 19.8 Å². The van der Waals surface area contributed by atoms with Crippen LogP contribution in [-0.2, 0) is 9.53 Å². The van der Waals surface area contributed by atoms with Crippen molar-refractivity contribution < 1.29 is 19.1 Å². The summed E-state index contributed by atoms with van der Waals surface area (Å²) in [4.78, 5) is 25.9. The fourth-order valence-electron chi connectivity index (χ4n) is 2.59. The Bertz CT molecular complexity index is 579. The van der Waals surface area contributed by atoms with Crippen molar-refractivity contribution in [2.24, 2.45) is 5.92 Å². The summed E-state index contributed by atoms with van der Waals surface area (Å²) in [7, 11) is 1.52.